The molecular weight excluding hydrogens is 567 g/mol. The number of thiophene rings is 1. The maximum atomic E-state index is 13.7. The molecule has 2 saturated heterocycles. The normalized spacial score (nSPS) is 15.6. The minimum atomic E-state index is -4.54. The zero-order valence-corrected chi connectivity index (χ0v) is 23.5. The SMILES string of the molecule is C/C=C/c1ccc(N)nc1.O=CNCc1cc2cc(-c3ccc(C(=O)N4CC5(COC5)C4)cn3)cc(C(F)(F)F)c2s1. The van der Waals surface area contributed by atoms with Crippen molar-refractivity contribution in [2.45, 2.75) is 19.6 Å². The number of nitrogen functional groups attached to an aromatic ring is 1. The van der Waals surface area contributed by atoms with Crippen LogP contribution in [0.1, 0.15) is 33.3 Å². The van der Waals surface area contributed by atoms with Crippen molar-refractivity contribution in [1.82, 2.24) is 20.2 Å². The summed E-state index contributed by atoms with van der Waals surface area (Å²) in [5.74, 6) is 0.423. The third kappa shape index (κ3) is 6.29. The number of nitrogens with zero attached hydrogens (tertiary/aromatic N) is 3. The first-order valence-electron chi connectivity index (χ1n) is 13.1. The highest BCUT2D eigenvalue weighted by Gasteiger charge is 2.50. The first-order chi connectivity index (χ1) is 20.1. The summed E-state index contributed by atoms with van der Waals surface area (Å²) in [6.45, 7) is 4.78. The number of hydrogen-bond donors (Lipinski definition) is 2. The van der Waals surface area contributed by atoms with Crippen LogP contribution < -0.4 is 11.1 Å². The van der Waals surface area contributed by atoms with E-state index in [9.17, 15) is 22.8 Å². The number of rotatable bonds is 6. The van der Waals surface area contributed by atoms with Crippen molar-refractivity contribution >= 4 is 45.6 Å². The fourth-order valence-electron chi connectivity index (χ4n) is 4.86. The molecule has 0 unspecified atom stereocenters. The molecule has 5 heterocycles. The number of amides is 2. The van der Waals surface area contributed by atoms with Crippen LogP contribution in [-0.2, 0) is 22.3 Å². The summed E-state index contributed by atoms with van der Waals surface area (Å²) in [5, 5.41) is 2.90. The van der Waals surface area contributed by atoms with Crippen LogP contribution in [-0.4, -0.2) is 53.5 Å². The van der Waals surface area contributed by atoms with Crippen LogP contribution in [0.2, 0.25) is 0 Å². The summed E-state index contributed by atoms with van der Waals surface area (Å²) < 4.78 is 46.5. The van der Waals surface area contributed by atoms with E-state index in [1.165, 1.54) is 6.20 Å². The number of ether oxygens (including phenoxy) is 1. The molecule has 4 aromatic rings. The number of halogens is 3. The Morgan fingerprint density at radius 3 is 2.50 bits per heavy atom. The number of allylic oxidation sites excluding steroid dienone is 1. The number of likely N-dealkylation sites (tertiary alicyclic amines) is 1. The smallest absolute Gasteiger partial charge is 0.384 e. The van der Waals surface area contributed by atoms with Gasteiger partial charge >= 0.3 is 6.18 Å². The predicted octanol–water partition coefficient (Wildman–Crippen LogP) is 5.40. The molecule has 3 aromatic heterocycles. The molecule has 3 N–H and O–H groups in total. The largest absolute Gasteiger partial charge is 0.417 e. The van der Waals surface area contributed by atoms with Gasteiger partial charge in [0.2, 0.25) is 6.41 Å². The summed E-state index contributed by atoms with van der Waals surface area (Å²) >= 11 is 0.999. The Bertz CT molecular complexity index is 1610. The number of benzene rings is 1. The number of nitrogens with two attached hydrogens (primary N) is 1. The summed E-state index contributed by atoms with van der Waals surface area (Å²) in [4.78, 5) is 33.7. The third-order valence-electron chi connectivity index (χ3n) is 6.96. The number of fused-ring (bicyclic) bond motifs is 1. The van der Waals surface area contributed by atoms with E-state index in [-0.39, 0.29) is 22.6 Å². The summed E-state index contributed by atoms with van der Waals surface area (Å²) in [6.07, 6.45) is 3.07. The number of anilines is 1. The monoisotopic (exact) mass is 595 g/mol. The number of aromatic nitrogens is 2. The van der Waals surface area contributed by atoms with Gasteiger partial charge in [-0.25, -0.2) is 4.98 Å². The highest BCUT2D eigenvalue weighted by molar-refractivity contribution is 7.19. The molecule has 1 spiro atoms. The molecule has 0 radical (unpaired) electrons. The second-order valence-electron chi connectivity index (χ2n) is 10.3. The van der Waals surface area contributed by atoms with E-state index < -0.39 is 11.7 Å². The molecule has 6 rings (SSSR count). The Balaban J connectivity index is 0.000000300. The topological polar surface area (TPSA) is 110 Å². The number of hydrogen-bond acceptors (Lipinski definition) is 7. The molecule has 218 valence electrons. The van der Waals surface area contributed by atoms with Crippen LogP contribution in [0.5, 0.6) is 0 Å². The van der Waals surface area contributed by atoms with Crippen molar-refractivity contribution in [2.24, 2.45) is 5.41 Å². The predicted molar refractivity (Wildman–Crippen MR) is 155 cm³/mol. The van der Waals surface area contributed by atoms with E-state index in [0.29, 0.717) is 65.6 Å². The van der Waals surface area contributed by atoms with Gasteiger partial charge in [0, 0.05) is 40.6 Å². The van der Waals surface area contributed by atoms with Crippen LogP contribution in [0.25, 0.3) is 27.4 Å². The van der Waals surface area contributed by atoms with Crippen LogP contribution >= 0.6 is 11.3 Å². The summed E-state index contributed by atoms with van der Waals surface area (Å²) in [7, 11) is 0. The van der Waals surface area contributed by atoms with Gasteiger partial charge in [0.05, 0.1) is 42.0 Å². The van der Waals surface area contributed by atoms with Gasteiger partial charge in [0.25, 0.3) is 5.91 Å². The molecule has 12 heteroatoms. The molecule has 2 aliphatic rings. The number of carbonyl (C=O) groups is 2. The lowest BCUT2D eigenvalue weighted by molar-refractivity contribution is -0.176. The molecule has 2 fully saturated rings. The lowest BCUT2D eigenvalue weighted by atomic mass is 9.78. The molecule has 0 aliphatic carbocycles. The van der Waals surface area contributed by atoms with Crippen molar-refractivity contribution in [1.29, 1.82) is 0 Å². The van der Waals surface area contributed by atoms with Gasteiger partial charge in [-0.15, -0.1) is 11.3 Å². The van der Waals surface area contributed by atoms with Crippen LogP contribution in [0, 0.1) is 5.41 Å². The van der Waals surface area contributed by atoms with Gasteiger partial charge in [-0.3, -0.25) is 14.6 Å². The van der Waals surface area contributed by atoms with E-state index >= 15 is 0 Å². The lowest BCUT2D eigenvalue weighted by Gasteiger charge is -2.54. The highest BCUT2D eigenvalue weighted by atomic mass is 32.1. The average Bonchev–Trinajstić information content (AvgIpc) is 3.34. The lowest BCUT2D eigenvalue weighted by Crippen LogP contribution is -2.67. The van der Waals surface area contributed by atoms with E-state index in [2.05, 4.69) is 15.3 Å². The van der Waals surface area contributed by atoms with Crippen molar-refractivity contribution in [3.63, 3.8) is 0 Å². The Morgan fingerprint density at radius 2 is 1.93 bits per heavy atom. The van der Waals surface area contributed by atoms with Gasteiger partial charge in [-0.1, -0.05) is 12.2 Å². The molecule has 1 aromatic carbocycles. The molecule has 2 aliphatic heterocycles. The molecule has 0 atom stereocenters. The molecule has 2 amide bonds. The van der Waals surface area contributed by atoms with Crippen molar-refractivity contribution in [3.05, 3.63) is 82.5 Å². The number of carbonyl (C=O) groups excluding carboxylic acids is 2. The quantitative estimate of drug-likeness (QED) is 0.289. The Hall–Kier alpha value is -4.29. The standard InChI is InChI=1S/C22H18F3N3O3S.C8H10N2/c23-22(24,25)17-5-14(3-15-4-16(7-26-12-29)32-19(15)17)18-2-1-13(6-27-18)20(30)28-8-21(9-28)10-31-11-21;1-2-3-7-4-5-8(9)10-6-7/h1-6,12H,7-11H2,(H,26,29);2-6H,1H3,(H2,9,10)/b;3-2+. The van der Waals surface area contributed by atoms with Crippen LogP contribution in [0.3, 0.4) is 0 Å². The summed E-state index contributed by atoms with van der Waals surface area (Å²) in [5.41, 5.74) is 6.88. The minimum absolute atomic E-state index is 0.104. The Kier molecular flexibility index (Phi) is 8.28. The van der Waals surface area contributed by atoms with E-state index in [1.807, 2.05) is 25.1 Å². The molecule has 42 heavy (non-hydrogen) atoms. The Labute approximate surface area is 244 Å². The molecule has 0 saturated carbocycles. The maximum absolute atomic E-state index is 13.7. The van der Waals surface area contributed by atoms with E-state index in [1.54, 1.807) is 41.4 Å². The van der Waals surface area contributed by atoms with Crippen molar-refractivity contribution in [2.75, 3.05) is 32.0 Å². The average molecular weight is 596 g/mol. The van der Waals surface area contributed by atoms with Gasteiger partial charge < -0.3 is 20.7 Å². The highest BCUT2D eigenvalue weighted by Crippen LogP contribution is 2.42. The first-order valence-corrected chi connectivity index (χ1v) is 13.9. The Morgan fingerprint density at radius 1 is 1.14 bits per heavy atom. The summed E-state index contributed by atoms with van der Waals surface area (Å²) in [6, 6.07) is 11.2. The van der Waals surface area contributed by atoms with Crippen LogP contribution in [0.4, 0.5) is 19.0 Å². The van der Waals surface area contributed by atoms with E-state index in [0.717, 1.165) is 23.0 Å². The number of nitrogens with one attached hydrogen (secondary N) is 1. The second-order valence-corrected chi connectivity index (χ2v) is 11.4. The second kappa shape index (κ2) is 11.9. The zero-order valence-electron chi connectivity index (χ0n) is 22.6. The minimum Gasteiger partial charge on any atom is -0.384 e. The van der Waals surface area contributed by atoms with Gasteiger partial charge in [0.1, 0.15) is 5.82 Å². The van der Waals surface area contributed by atoms with Gasteiger partial charge in [-0.05, 0) is 60.3 Å². The molecule has 8 nitrogen and oxygen atoms in total. The van der Waals surface area contributed by atoms with Gasteiger partial charge in [0.15, 0.2) is 0 Å². The number of pyridine rings is 2. The fourth-order valence-corrected chi connectivity index (χ4v) is 5.98. The van der Waals surface area contributed by atoms with Crippen molar-refractivity contribution in [3.8, 4) is 11.3 Å². The molecule has 0 bridgehead atoms. The first kappa shape index (κ1) is 29.2. The maximum Gasteiger partial charge on any atom is 0.417 e. The zero-order chi connectivity index (χ0) is 29.9. The number of alkyl halides is 3. The fraction of sp³-hybridized carbons (Fsp3) is 0.267. The van der Waals surface area contributed by atoms with Crippen molar-refractivity contribution < 1.29 is 27.5 Å². The van der Waals surface area contributed by atoms with Gasteiger partial charge in [-0.2, -0.15) is 13.2 Å². The van der Waals surface area contributed by atoms with E-state index in [4.69, 9.17) is 10.5 Å². The van der Waals surface area contributed by atoms with Crippen LogP contribution in [0.15, 0.2) is 60.9 Å². The molecular formula is C30H28F3N5O3S. The third-order valence-corrected chi connectivity index (χ3v) is 8.15.